The zero-order valence-electron chi connectivity index (χ0n) is 11.5. The Labute approximate surface area is 125 Å². The second-order valence-corrected chi connectivity index (χ2v) is 5.76. The Bertz CT molecular complexity index is 645. The molecule has 0 saturated heterocycles. The van der Waals surface area contributed by atoms with E-state index in [4.69, 9.17) is 0 Å². The molecule has 0 aliphatic rings. The molecule has 2 aromatic carbocycles. The van der Waals surface area contributed by atoms with Crippen molar-refractivity contribution < 1.29 is 13.9 Å². The van der Waals surface area contributed by atoms with E-state index in [2.05, 4.69) is 15.9 Å². The van der Waals surface area contributed by atoms with Crippen molar-refractivity contribution in [3.05, 3.63) is 68.2 Å². The van der Waals surface area contributed by atoms with Gasteiger partial charge in [0.15, 0.2) is 11.6 Å². The van der Waals surface area contributed by atoms with Gasteiger partial charge in [0.1, 0.15) is 6.10 Å². The zero-order valence-corrected chi connectivity index (χ0v) is 13.1. The van der Waals surface area contributed by atoms with Crippen LogP contribution in [0.4, 0.5) is 8.78 Å². The number of aliphatic hydroxyl groups excluding tert-OH is 1. The summed E-state index contributed by atoms with van der Waals surface area (Å²) in [5.41, 5.74) is 2.60. The van der Waals surface area contributed by atoms with Crippen LogP contribution in [0.3, 0.4) is 0 Å². The van der Waals surface area contributed by atoms with E-state index < -0.39 is 17.7 Å². The van der Waals surface area contributed by atoms with Gasteiger partial charge in [-0.2, -0.15) is 0 Å². The number of aliphatic hydroxyl groups is 1. The van der Waals surface area contributed by atoms with Crippen LogP contribution in [0.2, 0.25) is 0 Å². The number of rotatable bonds is 2. The Morgan fingerprint density at radius 2 is 1.50 bits per heavy atom. The molecule has 0 spiro atoms. The van der Waals surface area contributed by atoms with Gasteiger partial charge in [0.25, 0.3) is 0 Å². The molecule has 20 heavy (non-hydrogen) atoms. The molecular weight excluding hydrogens is 326 g/mol. The summed E-state index contributed by atoms with van der Waals surface area (Å²) >= 11 is 3.44. The summed E-state index contributed by atoms with van der Waals surface area (Å²) in [6.07, 6.45) is -1.18. The predicted molar refractivity (Wildman–Crippen MR) is 78.8 cm³/mol. The Morgan fingerprint density at radius 3 is 2.05 bits per heavy atom. The fraction of sp³-hybridized carbons (Fsp3) is 0.250. The van der Waals surface area contributed by atoms with Gasteiger partial charge in [0, 0.05) is 10.0 Å². The number of benzene rings is 2. The monoisotopic (exact) mass is 340 g/mol. The Morgan fingerprint density at radius 1 is 0.950 bits per heavy atom. The number of halogens is 3. The maximum Gasteiger partial charge on any atom is 0.165 e. The summed E-state index contributed by atoms with van der Waals surface area (Å²) in [6.45, 7) is 5.27. The summed E-state index contributed by atoms with van der Waals surface area (Å²) in [6, 6.07) is 6.42. The predicted octanol–water partition coefficient (Wildman–Crippen LogP) is 4.73. The topological polar surface area (TPSA) is 20.2 Å². The van der Waals surface area contributed by atoms with E-state index in [0.717, 1.165) is 15.6 Å². The Balaban J connectivity index is 2.52. The van der Waals surface area contributed by atoms with Crippen molar-refractivity contribution in [3.63, 3.8) is 0 Å². The van der Waals surface area contributed by atoms with Gasteiger partial charge in [-0.05, 0) is 43.0 Å². The van der Waals surface area contributed by atoms with Crippen molar-refractivity contribution >= 4 is 15.9 Å². The van der Waals surface area contributed by atoms with Gasteiger partial charge in [-0.3, -0.25) is 0 Å². The van der Waals surface area contributed by atoms with Crippen LogP contribution in [0.5, 0.6) is 0 Å². The molecule has 0 heterocycles. The second-order valence-electron chi connectivity index (χ2n) is 4.97. The lowest BCUT2D eigenvalue weighted by Crippen LogP contribution is -2.06. The van der Waals surface area contributed by atoms with Crippen LogP contribution in [0.15, 0.2) is 28.7 Å². The number of aryl methyl sites for hydroxylation is 3. The largest absolute Gasteiger partial charge is 0.384 e. The molecule has 2 aromatic rings. The standard InChI is InChI=1S/C16H15BrF2O/c1-8-4-5-12(15(19)14(8)18)16(20)11-6-9(2)13(17)10(3)7-11/h4-7,16,20H,1-3H3. The van der Waals surface area contributed by atoms with Crippen LogP contribution in [-0.4, -0.2) is 5.11 Å². The van der Waals surface area contributed by atoms with Crippen molar-refractivity contribution in [2.24, 2.45) is 0 Å². The molecule has 1 N–H and O–H groups in total. The minimum atomic E-state index is -1.18. The van der Waals surface area contributed by atoms with Crippen molar-refractivity contribution in [1.82, 2.24) is 0 Å². The maximum atomic E-state index is 13.9. The van der Waals surface area contributed by atoms with Crippen molar-refractivity contribution in [1.29, 1.82) is 0 Å². The van der Waals surface area contributed by atoms with E-state index in [9.17, 15) is 13.9 Å². The molecule has 0 fully saturated rings. The zero-order chi connectivity index (χ0) is 15.0. The summed E-state index contributed by atoms with van der Waals surface area (Å²) < 4.78 is 28.5. The minimum absolute atomic E-state index is 0.0470. The number of hydrogen-bond acceptors (Lipinski definition) is 1. The first kappa shape index (κ1) is 15.1. The SMILES string of the molecule is Cc1ccc(C(O)c2cc(C)c(Br)c(C)c2)c(F)c1F. The van der Waals surface area contributed by atoms with E-state index in [1.807, 2.05) is 13.8 Å². The number of hydrogen-bond donors (Lipinski definition) is 1. The average molecular weight is 341 g/mol. The van der Waals surface area contributed by atoms with Crippen molar-refractivity contribution in [3.8, 4) is 0 Å². The highest BCUT2D eigenvalue weighted by Gasteiger charge is 2.20. The summed E-state index contributed by atoms with van der Waals surface area (Å²) in [4.78, 5) is 0. The van der Waals surface area contributed by atoms with Gasteiger partial charge < -0.3 is 5.11 Å². The molecule has 0 aliphatic heterocycles. The van der Waals surface area contributed by atoms with Gasteiger partial charge in [-0.1, -0.05) is 40.2 Å². The highest BCUT2D eigenvalue weighted by atomic mass is 79.9. The van der Waals surface area contributed by atoms with Crippen LogP contribution in [0.25, 0.3) is 0 Å². The molecule has 0 aliphatic carbocycles. The summed E-state index contributed by atoms with van der Waals surface area (Å²) in [5, 5.41) is 10.3. The van der Waals surface area contributed by atoms with Crippen LogP contribution in [-0.2, 0) is 0 Å². The van der Waals surface area contributed by atoms with E-state index in [1.54, 1.807) is 12.1 Å². The van der Waals surface area contributed by atoms with E-state index in [-0.39, 0.29) is 11.1 Å². The lowest BCUT2D eigenvalue weighted by atomic mass is 9.96. The molecule has 4 heteroatoms. The molecule has 0 saturated carbocycles. The molecule has 1 nitrogen and oxygen atoms in total. The summed E-state index contributed by atoms with van der Waals surface area (Å²) in [7, 11) is 0. The molecule has 106 valence electrons. The fourth-order valence-corrected chi connectivity index (χ4v) is 2.42. The molecule has 1 unspecified atom stereocenters. The smallest absolute Gasteiger partial charge is 0.165 e. The molecule has 0 radical (unpaired) electrons. The first-order chi connectivity index (χ1) is 9.32. The molecular formula is C16H15BrF2O. The highest BCUT2D eigenvalue weighted by Crippen LogP contribution is 2.31. The Hall–Kier alpha value is -1.26. The Kier molecular flexibility index (Phi) is 4.25. The maximum absolute atomic E-state index is 13.9. The molecule has 0 amide bonds. The second kappa shape index (κ2) is 5.62. The third kappa shape index (κ3) is 2.63. The average Bonchev–Trinajstić information content (AvgIpc) is 2.41. The lowest BCUT2D eigenvalue weighted by Gasteiger charge is -2.16. The van der Waals surface area contributed by atoms with E-state index in [0.29, 0.717) is 5.56 Å². The third-order valence-corrected chi connectivity index (χ3v) is 4.63. The quantitative estimate of drug-likeness (QED) is 0.837. The van der Waals surface area contributed by atoms with Crippen molar-refractivity contribution in [2.45, 2.75) is 26.9 Å². The van der Waals surface area contributed by atoms with Crippen LogP contribution < -0.4 is 0 Å². The van der Waals surface area contributed by atoms with E-state index in [1.165, 1.54) is 19.1 Å². The third-order valence-electron chi connectivity index (χ3n) is 3.37. The van der Waals surface area contributed by atoms with Gasteiger partial charge >= 0.3 is 0 Å². The molecule has 1 atom stereocenters. The van der Waals surface area contributed by atoms with Crippen molar-refractivity contribution in [2.75, 3.05) is 0 Å². The van der Waals surface area contributed by atoms with Crippen LogP contribution in [0.1, 0.15) is 33.9 Å². The summed E-state index contributed by atoms with van der Waals surface area (Å²) in [5.74, 6) is -1.90. The molecule has 0 bridgehead atoms. The van der Waals surface area contributed by atoms with Crippen LogP contribution >= 0.6 is 15.9 Å². The first-order valence-corrected chi connectivity index (χ1v) is 7.01. The fourth-order valence-electron chi connectivity index (χ4n) is 2.19. The minimum Gasteiger partial charge on any atom is -0.384 e. The van der Waals surface area contributed by atoms with Gasteiger partial charge in [0.2, 0.25) is 0 Å². The van der Waals surface area contributed by atoms with E-state index >= 15 is 0 Å². The molecule has 2 rings (SSSR count). The first-order valence-electron chi connectivity index (χ1n) is 6.22. The van der Waals surface area contributed by atoms with Gasteiger partial charge in [-0.15, -0.1) is 0 Å². The van der Waals surface area contributed by atoms with Gasteiger partial charge in [0.05, 0.1) is 0 Å². The highest BCUT2D eigenvalue weighted by molar-refractivity contribution is 9.10. The molecule has 0 aromatic heterocycles. The van der Waals surface area contributed by atoms with Crippen LogP contribution in [0, 0.1) is 32.4 Å². The normalized spacial score (nSPS) is 12.6. The van der Waals surface area contributed by atoms with Gasteiger partial charge in [-0.25, -0.2) is 8.78 Å². The lowest BCUT2D eigenvalue weighted by molar-refractivity contribution is 0.213.